The molecule has 1 aliphatic heterocycles. The second-order valence-electron chi connectivity index (χ2n) is 7.98. The highest BCUT2D eigenvalue weighted by molar-refractivity contribution is 7.99. The molecule has 0 bridgehead atoms. The molecule has 1 N–H and O–H groups in total. The van der Waals surface area contributed by atoms with Gasteiger partial charge in [-0.15, -0.1) is 0 Å². The standard InChI is InChI=1S/C28H23NOS/c1-20-12-14-23(15-13-20)31-24-16-17-26-25(18-24)27(30)19-28(29-26,21-8-4-2-5-9-21)22-10-6-3-7-11-22/h2-18,29H,19H2,1H3. The van der Waals surface area contributed by atoms with Crippen molar-refractivity contribution in [2.45, 2.75) is 28.7 Å². The monoisotopic (exact) mass is 421 g/mol. The van der Waals surface area contributed by atoms with Gasteiger partial charge in [-0.25, -0.2) is 0 Å². The molecular formula is C28H23NOS. The van der Waals surface area contributed by atoms with Crippen LogP contribution in [0.25, 0.3) is 0 Å². The molecule has 0 fully saturated rings. The molecule has 0 saturated heterocycles. The zero-order valence-corrected chi connectivity index (χ0v) is 18.2. The van der Waals surface area contributed by atoms with Crippen molar-refractivity contribution in [2.75, 3.05) is 5.32 Å². The summed E-state index contributed by atoms with van der Waals surface area (Å²) < 4.78 is 0. The SMILES string of the molecule is Cc1ccc(Sc2ccc3c(c2)C(=O)CC(c2ccccc2)(c2ccccc2)N3)cc1. The maximum Gasteiger partial charge on any atom is 0.168 e. The molecule has 0 spiro atoms. The molecule has 4 aromatic carbocycles. The van der Waals surface area contributed by atoms with E-state index in [1.807, 2.05) is 48.5 Å². The van der Waals surface area contributed by atoms with Crippen LogP contribution in [0.5, 0.6) is 0 Å². The maximum atomic E-state index is 13.4. The number of nitrogens with one attached hydrogen (secondary N) is 1. The number of hydrogen-bond acceptors (Lipinski definition) is 3. The van der Waals surface area contributed by atoms with E-state index >= 15 is 0 Å². The third kappa shape index (κ3) is 3.77. The molecule has 5 rings (SSSR count). The summed E-state index contributed by atoms with van der Waals surface area (Å²) in [7, 11) is 0. The molecule has 1 heterocycles. The Morgan fingerprint density at radius 1 is 0.742 bits per heavy atom. The Morgan fingerprint density at radius 2 is 1.32 bits per heavy atom. The van der Waals surface area contributed by atoms with Gasteiger partial charge in [0.05, 0.1) is 5.54 Å². The van der Waals surface area contributed by atoms with Gasteiger partial charge in [-0.3, -0.25) is 4.79 Å². The van der Waals surface area contributed by atoms with Crippen molar-refractivity contribution in [3.63, 3.8) is 0 Å². The summed E-state index contributed by atoms with van der Waals surface area (Å²) in [5.41, 5.74) is 4.51. The summed E-state index contributed by atoms with van der Waals surface area (Å²) in [6.07, 6.45) is 0.382. The molecule has 0 atom stereocenters. The smallest absolute Gasteiger partial charge is 0.168 e. The lowest BCUT2D eigenvalue weighted by Crippen LogP contribution is -2.42. The first-order valence-corrected chi connectivity index (χ1v) is 11.3. The van der Waals surface area contributed by atoms with E-state index in [0.717, 1.165) is 27.3 Å². The second-order valence-corrected chi connectivity index (χ2v) is 9.13. The Labute approximate surface area is 187 Å². The van der Waals surface area contributed by atoms with Crippen LogP contribution in [-0.2, 0) is 5.54 Å². The van der Waals surface area contributed by atoms with Crippen molar-refractivity contribution in [1.29, 1.82) is 0 Å². The normalized spacial score (nSPS) is 14.5. The van der Waals surface area contributed by atoms with Crippen molar-refractivity contribution in [3.05, 3.63) is 125 Å². The van der Waals surface area contributed by atoms with Gasteiger partial charge in [0, 0.05) is 27.5 Å². The van der Waals surface area contributed by atoms with Crippen LogP contribution in [0.15, 0.2) is 113 Å². The fraction of sp³-hybridized carbons (Fsp3) is 0.107. The third-order valence-corrected chi connectivity index (χ3v) is 6.85. The fourth-order valence-corrected chi connectivity index (χ4v) is 5.10. The lowest BCUT2D eigenvalue weighted by molar-refractivity contribution is 0.0957. The molecule has 0 saturated carbocycles. The molecule has 2 nitrogen and oxygen atoms in total. The number of aryl methyl sites for hydroxylation is 1. The maximum absolute atomic E-state index is 13.4. The van der Waals surface area contributed by atoms with E-state index in [9.17, 15) is 4.79 Å². The molecule has 0 aromatic heterocycles. The predicted molar refractivity (Wildman–Crippen MR) is 128 cm³/mol. The summed E-state index contributed by atoms with van der Waals surface area (Å²) >= 11 is 1.68. The van der Waals surface area contributed by atoms with E-state index in [1.165, 1.54) is 10.5 Å². The van der Waals surface area contributed by atoms with Crippen molar-refractivity contribution < 1.29 is 4.79 Å². The van der Waals surface area contributed by atoms with Gasteiger partial charge in [0.25, 0.3) is 0 Å². The lowest BCUT2D eigenvalue weighted by atomic mass is 9.75. The quantitative estimate of drug-likeness (QED) is 0.381. The van der Waals surface area contributed by atoms with E-state index < -0.39 is 5.54 Å². The van der Waals surface area contributed by atoms with Crippen LogP contribution in [0.3, 0.4) is 0 Å². The molecule has 3 heteroatoms. The van der Waals surface area contributed by atoms with Gasteiger partial charge in [0.1, 0.15) is 0 Å². The minimum absolute atomic E-state index is 0.160. The number of rotatable bonds is 4. The highest BCUT2D eigenvalue weighted by atomic mass is 32.2. The van der Waals surface area contributed by atoms with Gasteiger partial charge in [-0.05, 0) is 48.4 Å². The number of anilines is 1. The summed E-state index contributed by atoms with van der Waals surface area (Å²) in [4.78, 5) is 15.7. The molecule has 0 aliphatic carbocycles. The van der Waals surface area contributed by atoms with Gasteiger partial charge in [-0.1, -0.05) is 90.1 Å². The van der Waals surface area contributed by atoms with Crippen LogP contribution in [-0.4, -0.2) is 5.78 Å². The summed E-state index contributed by atoms with van der Waals surface area (Å²) in [6.45, 7) is 2.09. The molecule has 0 radical (unpaired) electrons. The van der Waals surface area contributed by atoms with E-state index in [1.54, 1.807) is 11.8 Å². The molecule has 1 aliphatic rings. The number of ketones is 1. The number of hydrogen-bond donors (Lipinski definition) is 1. The Kier molecular flexibility index (Phi) is 5.13. The Morgan fingerprint density at radius 3 is 1.94 bits per heavy atom. The zero-order chi connectivity index (χ0) is 21.3. The first-order valence-electron chi connectivity index (χ1n) is 10.5. The van der Waals surface area contributed by atoms with Crippen LogP contribution in [0.1, 0.15) is 33.5 Å². The van der Waals surface area contributed by atoms with Crippen LogP contribution in [0.2, 0.25) is 0 Å². The number of carbonyl (C=O) groups is 1. The van der Waals surface area contributed by atoms with Crippen molar-refractivity contribution >= 4 is 23.2 Å². The molecule has 31 heavy (non-hydrogen) atoms. The number of carbonyl (C=O) groups excluding carboxylic acids is 1. The Hall–Kier alpha value is -3.30. The van der Waals surface area contributed by atoms with Gasteiger partial charge in [0.15, 0.2) is 5.78 Å². The first-order chi connectivity index (χ1) is 15.1. The summed E-state index contributed by atoms with van der Waals surface area (Å²) in [5, 5.41) is 3.74. The first kappa shape index (κ1) is 19.7. The third-order valence-electron chi connectivity index (χ3n) is 5.86. The van der Waals surface area contributed by atoms with Crippen LogP contribution in [0.4, 0.5) is 5.69 Å². The van der Waals surface area contributed by atoms with E-state index in [-0.39, 0.29) is 5.78 Å². The highest BCUT2D eigenvalue weighted by Crippen LogP contribution is 2.43. The van der Waals surface area contributed by atoms with Gasteiger partial charge >= 0.3 is 0 Å². The average Bonchev–Trinajstić information content (AvgIpc) is 2.82. The summed E-state index contributed by atoms with van der Waals surface area (Å²) in [5.74, 6) is 0.160. The highest BCUT2D eigenvalue weighted by Gasteiger charge is 2.41. The molecule has 4 aromatic rings. The van der Waals surface area contributed by atoms with E-state index in [0.29, 0.717) is 6.42 Å². The molecular weight excluding hydrogens is 398 g/mol. The minimum atomic E-state index is -0.571. The number of Topliss-reactive ketones (excluding diaryl/α,β-unsaturated/α-hetero) is 1. The second kappa shape index (κ2) is 8.09. The van der Waals surface area contributed by atoms with Crippen LogP contribution < -0.4 is 5.32 Å². The molecule has 152 valence electrons. The minimum Gasteiger partial charge on any atom is -0.371 e. The number of benzene rings is 4. The largest absolute Gasteiger partial charge is 0.371 e. The number of fused-ring (bicyclic) bond motifs is 1. The topological polar surface area (TPSA) is 29.1 Å². The molecule has 0 amide bonds. The van der Waals surface area contributed by atoms with E-state index in [4.69, 9.17) is 0 Å². The Balaban J connectivity index is 1.54. The Bertz CT molecular complexity index is 1180. The van der Waals surface area contributed by atoms with Crippen LogP contribution >= 0.6 is 11.8 Å². The fourth-order valence-electron chi connectivity index (χ4n) is 4.24. The van der Waals surface area contributed by atoms with Crippen molar-refractivity contribution in [3.8, 4) is 0 Å². The van der Waals surface area contributed by atoms with Crippen LogP contribution in [0, 0.1) is 6.92 Å². The zero-order valence-electron chi connectivity index (χ0n) is 17.3. The average molecular weight is 422 g/mol. The predicted octanol–water partition coefficient (Wildman–Crippen LogP) is 7.09. The van der Waals surface area contributed by atoms with Gasteiger partial charge < -0.3 is 5.32 Å². The summed E-state index contributed by atoms with van der Waals surface area (Å²) in [6, 6.07) is 35.2. The lowest BCUT2D eigenvalue weighted by Gasteiger charge is -2.40. The molecule has 0 unspecified atom stereocenters. The van der Waals surface area contributed by atoms with Crippen molar-refractivity contribution in [1.82, 2.24) is 0 Å². The van der Waals surface area contributed by atoms with Crippen molar-refractivity contribution in [2.24, 2.45) is 0 Å². The van der Waals surface area contributed by atoms with Gasteiger partial charge in [-0.2, -0.15) is 0 Å². The van der Waals surface area contributed by atoms with Gasteiger partial charge in [0.2, 0.25) is 0 Å². The van der Waals surface area contributed by atoms with E-state index in [2.05, 4.69) is 66.8 Å².